The van der Waals surface area contributed by atoms with Crippen molar-refractivity contribution in [3.63, 3.8) is 0 Å². The Hall–Kier alpha value is -2.58. The van der Waals surface area contributed by atoms with E-state index < -0.39 is 12.6 Å². The molecule has 0 aliphatic carbocycles. The van der Waals surface area contributed by atoms with Gasteiger partial charge in [0, 0.05) is 37.8 Å². The quantitative estimate of drug-likeness (QED) is 0.199. The van der Waals surface area contributed by atoms with Crippen molar-refractivity contribution in [2.24, 2.45) is 0 Å². The van der Waals surface area contributed by atoms with Crippen molar-refractivity contribution in [3.05, 3.63) is 63.7 Å². The number of ether oxygens (including phenoxy) is 1. The molecular weight excluding hydrogens is 397 g/mol. The molecule has 0 unspecified atom stereocenters. The van der Waals surface area contributed by atoms with Crippen LogP contribution < -0.4 is 4.74 Å². The Bertz CT molecular complexity index is 986. The van der Waals surface area contributed by atoms with Crippen LogP contribution in [0.25, 0.3) is 0 Å². The van der Waals surface area contributed by atoms with Gasteiger partial charge in [0.25, 0.3) is 0 Å². The molecule has 2 aliphatic heterocycles. The smallest absolute Gasteiger partial charge is 0.346 e. The number of nitro groups is 1. The molecule has 152 valence electrons. The van der Waals surface area contributed by atoms with Gasteiger partial charge in [-0.1, -0.05) is 0 Å². The summed E-state index contributed by atoms with van der Waals surface area (Å²) in [5.41, 5.74) is 0.953. The maximum absolute atomic E-state index is 13.0. The highest BCUT2D eigenvalue weighted by Crippen LogP contribution is 2.61. The zero-order chi connectivity index (χ0) is 20.6. The van der Waals surface area contributed by atoms with E-state index in [9.17, 15) is 19.5 Å². The molecule has 9 nitrogen and oxygen atoms in total. The van der Waals surface area contributed by atoms with E-state index >= 15 is 0 Å². The lowest BCUT2D eigenvalue weighted by atomic mass is 10.1. The number of benzene rings is 2. The van der Waals surface area contributed by atoms with Gasteiger partial charge in [-0.15, -0.1) is 0 Å². The van der Waals surface area contributed by atoms with Crippen LogP contribution in [0.1, 0.15) is 22.8 Å². The Labute approximate surface area is 167 Å². The van der Waals surface area contributed by atoms with Gasteiger partial charge in [0.15, 0.2) is 5.78 Å². The number of nitrogens with zero attached hydrogens (tertiary/aromatic N) is 3. The lowest BCUT2D eigenvalue weighted by molar-refractivity contribution is -0.385. The van der Waals surface area contributed by atoms with Crippen molar-refractivity contribution in [2.75, 3.05) is 26.2 Å². The first-order valence-corrected chi connectivity index (χ1v) is 10.7. The Morgan fingerprint density at radius 2 is 1.72 bits per heavy atom. The Balaban J connectivity index is 1.53. The van der Waals surface area contributed by atoms with Gasteiger partial charge in [-0.3, -0.25) is 19.5 Å². The third-order valence-corrected chi connectivity index (χ3v) is 7.37. The van der Waals surface area contributed by atoms with Gasteiger partial charge in [0.1, 0.15) is 5.75 Å². The average Bonchev–Trinajstić information content (AvgIpc) is 3.57. The standard InChI is InChI=1S/C19H20N3O6P/c1-14(23)16-3-5-17(6-4-16)28-19-12-15(2-7-18(19)22(24)25)13-27-29(26,20-8-9-20)21-10-11-21/h2-7,12H,8-11,13H2,1H3. The predicted molar refractivity (Wildman–Crippen MR) is 105 cm³/mol. The summed E-state index contributed by atoms with van der Waals surface area (Å²) in [5.74, 6) is 0.346. The van der Waals surface area contributed by atoms with Crippen LogP contribution in [0.5, 0.6) is 11.5 Å². The van der Waals surface area contributed by atoms with E-state index in [1.54, 1.807) is 39.7 Å². The van der Waals surface area contributed by atoms with Gasteiger partial charge >= 0.3 is 13.4 Å². The fourth-order valence-electron chi connectivity index (χ4n) is 2.86. The molecule has 0 aromatic heterocycles. The third kappa shape index (κ3) is 4.38. The van der Waals surface area contributed by atoms with Crippen molar-refractivity contribution < 1.29 is 23.5 Å². The normalized spacial score (nSPS) is 16.4. The second kappa shape index (κ2) is 7.68. The summed E-state index contributed by atoms with van der Waals surface area (Å²) in [6, 6.07) is 10.8. The molecule has 29 heavy (non-hydrogen) atoms. The van der Waals surface area contributed by atoms with E-state index in [0.717, 1.165) is 26.2 Å². The van der Waals surface area contributed by atoms with E-state index in [2.05, 4.69) is 0 Å². The van der Waals surface area contributed by atoms with Crippen LogP contribution in [0.2, 0.25) is 0 Å². The van der Waals surface area contributed by atoms with Crippen molar-refractivity contribution in [2.45, 2.75) is 13.5 Å². The first-order valence-electron chi connectivity index (χ1n) is 9.18. The van der Waals surface area contributed by atoms with E-state index in [0.29, 0.717) is 16.9 Å². The molecule has 2 fully saturated rings. The zero-order valence-corrected chi connectivity index (χ0v) is 16.7. The van der Waals surface area contributed by atoms with Crippen LogP contribution in [0, 0.1) is 10.1 Å². The minimum atomic E-state index is -2.97. The Morgan fingerprint density at radius 1 is 1.10 bits per heavy atom. The van der Waals surface area contributed by atoms with Gasteiger partial charge < -0.3 is 9.26 Å². The van der Waals surface area contributed by atoms with Crippen molar-refractivity contribution in [1.82, 2.24) is 9.34 Å². The number of ketones is 1. The van der Waals surface area contributed by atoms with Crippen molar-refractivity contribution in [3.8, 4) is 11.5 Å². The summed E-state index contributed by atoms with van der Waals surface area (Å²) >= 11 is 0. The van der Waals surface area contributed by atoms with Crippen LogP contribution >= 0.6 is 7.67 Å². The lowest BCUT2D eigenvalue weighted by Gasteiger charge is -2.19. The fraction of sp³-hybridized carbons (Fsp3) is 0.316. The molecule has 2 heterocycles. The fourth-order valence-corrected chi connectivity index (χ4v) is 5.05. The molecule has 0 N–H and O–H groups in total. The minimum absolute atomic E-state index is 0.0555. The second-order valence-corrected chi connectivity index (χ2v) is 9.28. The SMILES string of the molecule is CC(=O)c1ccc(Oc2cc(COP(=O)(N3CC3)N3CC3)ccc2[N+](=O)[O-])cc1. The van der Waals surface area contributed by atoms with E-state index in [4.69, 9.17) is 9.26 Å². The molecular formula is C19H20N3O6P. The molecule has 0 bridgehead atoms. The molecule has 0 radical (unpaired) electrons. The molecule has 0 saturated carbocycles. The van der Waals surface area contributed by atoms with E-state index in [-0.39, 0.29) is 23.8 Å². The average molecular weight is 417 g/mol. The van der Waals surface area contributed by atoms with Crippen LogP contribution in [0.4, 0.5) is 5.69 Å². The summed E-state index contributed by atoms with van der Waals surface area (Å²) in [6.45, 7) is 4.51. The molecule has 0 amide bonds. The Kier molecular flexibility index (Phi) is 5.23. The largest absolute Gasteiger partial charge is 0.450 e. The van der Waals surface area contributed by atoms with E-state index in [1.807, 2.05) is 0 Å². The summed E-state index contributed by atoms with van der Waals surface area (Å²) < 4.78 is 28.1. The molecule has 0 spiro atoms. The molecule has 2 aliphatic rings. The highest BCUT2D eigenvalue weighted by Gasteiger charge is 2.49. The van der Waals surface area contributed by atoms with Crippen LogP contribution in [-0.2, 0) is 15.7 Å². The summed E-state index contributed by atoms with van der Waals surface area (Å²) in [5, 5.41) is 11.4. The number of hydrogen-bond acceptors (Lipinski definition) is 6. The van der Waals surface area contributed by atoms with Crippen LogP contribution in [0.3, 0.4) is 0 Å². The number of carbonyl (C=O) groups is 1. The Morgan fingerprint density at radius 3 is 2.24 bits per heavy atom. The first-order chi connectivity index (χ1) is 13.9. The first kappa shape index (κ1) is 19.7. The highest BCUT2D eigenvalue weighted by molar-refractivity contribution is 7.54. The maximum atomic E-state index is 13.0. The highest BCUT2D eigenvalue weighted by atomic mass is 31.2. The monoisotopic (exact) mass is 417 g/mol. The summed E-state index contributed by atoms with van der Waals surface area (Å²) in [6.07, 6.45) is 0. The van der Waals surface area contributed by atoms with Crippen LogP contribution in [0.15, 0.2) is 42.5 Å². The van der Waals surface area contributed by atoms with E-state index in [1.165, 1.54) is 19.1 Å². The molecule has 2 aromatic carbocycles. The number of nitro benzene ring substituents is 1. The lowest BCUT2D eigenvalue weighted by Crippen LogP contribution is -2.08. The number of rotatable bonds is 9. The maximum Gasteiger partial charge on any atom is 0.346 e. The topological polar surface area (TPSA) is 102 Å². The number of hydrogen-bond donors (Lipinski definition) is 0. The van der Waals surface area contributed by atoms with Crippen molar-refractivity contribution >= 4 is 19.1 Å². The molecule has 0 atom stereocenters. The molecule has 10 heteroatoms. The second-order valence-electron chi connectivity index (χ2n) is 6.91. The predicted octanol–water partition coefficient (Wildman–Crippen LogP) is 3.85. The number of carbonyl (C=O) groups excluding carboxylic acids is 1. The molecule has 2 aromatic rings. The zero-order valence-electron chi connectivity index (χ0n) is 15.8. The number of Topliss-reactive ketones (excluding diaryl/α,β-unsaturated/α-hetero) is 1. The van der Waals surface area contributed by atoms with Gasteiger partial charge in [-0.2, -0.15) is 0 Å². The van der Waals surface area contributed by atoms with Gasteiger partial charge in [0.2, 0.25) is 5.75 Å². The molecule has 2 saturated heterocycles. The van der Waals surface area contributed by atoms with Crippen molar-refractivity contribution in [1.29, 1.82) is 0 Å². The van der Waals surface area contributed by atoms with Gasteiger partial charge in [-0.25, -0.2) is 9.34 Å². The summed E-state index contributed by atoms with van der Waals surface area (Å²) in [7, 11) is -2.97. The van der Waals surface area contributed by atoms with Gasteiger partial charge in [-0.05, 0) is 48.9 Å². The van der Waals surface area contributed by atoms with Gasteiger partial charge in [0.05, 0.1) is 11.5 Å². The molecule has 4 rings (SSSR count). The minimum Gasteiger partial charge on any atom is -0.450 e. The summed E-state index contributed by atoms with van der Waals surface area (Å²) in [4.78, 5) is 22.2. The van der Waals surface area contributed by atoms with Crippen LogP contribution in [-0.4, -0.2) is 46.2 Å². The third-order valence-electron chi connectivity index (χ3n) is 4.67.